The Hall–Kier alpha value is -1.82. The summed E-state index contributed by atoms with van der Waals surface area (Å²) in [6, 6.07) is 22.2. The fraction of sp³-hybridized carbons (Fsp3) is 0. The van der Waals surface area contributed by atoms with Crippen LogP contribution in [-0.2, 0) is 0 Å². The number of hydrogen-bond acceptors (Lipinski definition) is 0. The fourth-order valence-corrected chi connectivity index (χ4v) is 1.80. The quantitative estimate of drug-likeness (QED) is 0.490. The maximum Gasteiger partial charge on any atom is -0.00990 e. The summed E-state index contributed by atoms with van der Waals surface area (Å²) in [4.78, 5) is 0. The zero-order valence-electron chi connectivity index (χ0n) is 7.70. The van der Waals surface area contributed by atoms with Gasteiger partial charge in [-0.15, -0.1) is 0 Å². The van der Waals surface area contributed by atoms with Gasteiger partial charge >= 0.3 is 0 Å². The fourth-order valence-electron chi connectivity index (χ4n) is 1.80. The Balaban J connectivity index is 2.48. The second kappa shape index (κ2) is 2.85. The van der Waals surface area contributed by atoms with Crippen LogP contribution in [0, 0.1) is 6.07 Å². The SMILES string of the molecule is [c]1ccc2cc3ccccc3ccc1-2. The van der Waals surface area contributed by atoms with Crippen molar-refractivity contribution in [3.05, 3.63) is 60.7 Å². The van der Waals surface area contributed by atoms with Crippen molar-refractivity contribution in [2.24, 2.45) is 0 Å². The minimum atomic E-state index is 1.18. The van der Waals surface area contributed by atoms with Gasteiger partial charge in [-0.05, 0) is 34.0 Å². The largest absolute Gasteiger partial charge is 0.0616 e. The first-order valence-electron chi connectivity index (χ1n) is 4.73. The van der Waals surface area contributed by atoms with Crippen molar-refractivity contribution in [3.8, 4) is 11.1 Å². The van der Waals surface area contributed by atoms with Gasteiger partial charge in [0.25, 0.3) is 0 Å². The molecule has 1 aromatic carbocycles. The molecule has 65 valence electrons. The molecule has 0 heterocycles. The summed E-state index contributed by atoms with van der Waals surface area (Å²) in [7, 11) is 0. The van der Waals surface area contributed by atoms with E-state index in [1.807, 2.05) is 6.07 Å². The van der Waals surface area contributed by atoms with Crippen molar-refractivity contribution in [1.82, 2.24) is 0 Å². The zero-order chi connectivity index (χ0) is 9.38. The molecule has 0 heteroatoms. The molecular formula is C14H9. The predicted molar refractivity (Wildman–Crippen MR) is 59.4 cm³/mol. The average Bonchev–Trinajstić information content (AvgIpc) is 2.58. The highest BCUT2D eigenvalue weighted by molar-refractivity contribution is 5.87. The molecule has 0 aliphatic heterocycles. The van der Waals surface area contributed by atoms with Crippen LogP contribution in [0.3, 0.4) is 0 Å². The van der Waals surface area contributed by atoms with Gasteiger partial charge in [-0.3, -0.25) is 0 Å². The minimum Gasteiger partial charge on any atom is -0.0616 e. The van der Waals surface area contributed by atoms with E-state index in [0.29, 0.717) is 0 Å². The molecular weight excluding hydrogens is 168 g/mol. The number of hydrogen-bond donors (Lipinski definition) is 0. The van der Waals surface area contributed by atoms with Gasteiger partial charge in [0.15, 0.2) is 0 Å². The lowest BCUT2D eigenvalue weighted by molar-refractivity contribution is 1.82. The van der Waals surface area contributed by atoms with Crippen LogP contribution in [0.2, 0.25) is 0 Å². The van der Waals surface area contributed by atoms with Crippen LogP contribution in [0.25, 0.3) is 21.9 Å². The predicted octanol–water partition coefficient (Wildman–Crippen LogP) is 3.74. The van der Waals surface area contributed by atoms with Gasteiger partial charge in [0.2, 0.25) is 0 Å². The van der Waals surface area contributed by atoms with E-state index in [2.05, 4.69) is 54.6 Å². The maximum atomic E-state index is 3.21. The molecule has 0 saturated heterocycles. The summed E-state index contributed by atoms with van der Waals surface area (Å²) in [5.74, 6) is 0. The van der Waals surface area contributed by atoms with Crippen LogP contribution in [0.1, 0.15) is 0 Å². The first kappa shape index (κ1) is 7.57. The highest BCUT2D eigenvalue weighted by atomic mass is 14.0. The van der Waals surface area contributed by atoms with Crippen molar-refractivity contribution in [2.45, 2.75) is 0 Å². The minimum absolute atomic E-state index is 1.18. The van der Waals surface area contributed by atoms with Crippen molar-refractivity contribution in [2.75, 3.05) is 0 Å². The van der Waals surface area contributed by atoms with E-state index in [1.54, 1.807) is 0 Å². The highest BCUT2D eigenvalue weighted by Gasteiger charge is 2.00. The third kappa shape index (κ3) is 1.08. The van der Waals surface area contributed by atoms with Gasteiger partial charge in [0.05, 0.1) is 0 Å². The van der Waals surface area contributed by atoms with Crippen molar-refractivity contribution < 1.29 is 0 Å². The summed E-state index contributed by atoms with van der Waals surface area (Å²) < 4.78 is 0. The molecule has 14 heavy (non-hydrogen) atoms. The topological polar surface area (TPSA) is 0 Å². The number of benzene rings is 1. The van der Waals surface area contributed by atoms with E-state index in [1.165, 1.54) is 21.9 Å². The van der Waals surface area contributed by atoms with Gasteiger partial charge in [-0.2, -0.15) is 0 Å². The van der Waals surface area contributed by atoms with E-state index in [9.17, 15) is 0 Å². The van der Waals surface area contributed by atoms with E-state index in [0.717, 1.165) is 0 Å². The summed E-state index contributed by atoms with van der Waals surface area (Å²) in [5, 5.41) is 2.55. The van der Waals surface area contributed by atoms with Crippen molar-refractivity contribution >= 4 is 10.8 Å². The van der Waals surface area contributed by atoms with Gasteiger partial charge in [0, 0.05) is 0 Å². The van der Waals surface area contributed by atoms with Gasteiger partial charge in [-0.25, -0.2) is 0 Å². The normalized spacial score (nSPS) is 10.9. The smallest absolute Gasteiger partial charge is 0.00990 e. The second-order valence-electron chi connectivity index (χ2n) is 3.45. The van der Waals surface area contributed by atoms with Crippen LogP contribution in [-0.4, -0.2) is 0 Å². The van der Waals surface area contributed by atoms with Gasteiger partial charge in [-0.1, -0.05) is 48.5 Å². The summed E-state index contributed by atoms with van der Waals surface area (Å²) >= 11 is 0. The van der Waals surface area contributed by atoms with Crippen LogP contribution >= 0.6 is 0 Å². The molecule has 0 spiro atoms. The lowest BCUT2D eigenvalue weighted by Gasteiger charge is -1.90. The Morgan fingerprint density at radius 3 is 2.57 bits per heavy atom. The Morgan fingerprint density at radius 2 is 1.64 bits per heavy atom. The lowest BCUT2D eigenvalue weighted by atomic mass is 10.1. The molecule has 0 nitrogen and oxygen atoms in total. The van der Waals surface area contributed by atoms with E-state index >= 15 is 0 Å². The molecule has 2 aliphatic rings. The Bertz CT molecular complexity index is 552. The lowest BCUT2D eigenvalue weighted by Crippen LogP contribution is -1.64. The van der Waals surface area contributed by atoms with E-state index in [4.69, 9.17) is 0 Å². The molecule has 0 atom stereocenters. The maximum absolute atomic E-state index is 3.21. The van der Waals surface area contributed by atoms with Crippen molar-refractivity contribution in [1.29, 1.82) is 0 Å². The molecule has 0 amide bonds. The summed E-state index contributed by atoms with van der Waals surface area (Å²) in [6.07, 6.45) is 0. The van der Waals surface area contributed by atoms with Crippen LogP contribution in [0.15, 0.2) is 54.6 Å². The first-order valence-corrected chi connectivity index (χ1v) is 4.73. The number of rotatable bonds is 0. The Kier molecular flexibility index (Phi) is 1.54. The second-order valence-corrected chi connectivity index (χ2v) is 3.45. The average molecular weight is 177 g/mol. The summed E-state index contributed by atoms with van der Waals surface area (Å²) in [6.45, 7) is 0. The number of fused-ring (bicyclic) bond motifs is 2. The van der Waals surface area contributed by atoms with Crippen molar-refractivity contribution in [3.63, 3.8) is 0 Å². The Morgan fingerprint density at radius 1 is 0.786 bits per heavy atom. The summed E-state index contributed by atoms with van der Waals surface area (Å²) in [5.41, 5.74) is 2.44. The monoisotopic (exact) mass is 177 g/mol. The van der Waals surface area contributed by atoms with Crippen LogP contribution in [0.5, 0.6) is 0 Å². The Labute approximate surface area is 83.1 Å². The first-order chi connectivity index (χ1) is 6.93. The van der Waals surface area contributed by atoms with E-state index in [-0.39, 0.29) is 0 Å². The van der Waals surface area contributed by atoms with E-state index < -0.39 is 0 Å². The third-order valence-electron chi connectivity index (χ3n) is 2.55. The molecule has 0 unspecified atom stereocenters. The molecule has 2 aliphatic carbocycles. The molecule has 0 N–H and O–H groups in total. The molecule has 3 rings (SSSR count). The molecule has 1 aromatic rings. The van der Waals surface area contributed by atoms with Gasteiger partial charge in [0.1, 0.15) is 0 Å². The van der Waals surface area contributed by atoms with Crippen LogP contribution in [0.4, 0.5) is 0 Å². The molecule has 0 fully saturated rings. The van der Waals surface area contributed by atoms with Crippen LogP contribution < -0.4 is 0 Å². The van der Waals surface area contributed by atoms with Gasteiger partial charge < -0.3 is 0 Å². The molecule has 1 radical (unpaired) electrons. The molecule has 0 saturated carbocycles. The standard InChI is InChI=1S/C14H9/c1-2-5-13-10-14-7-3-6-12(14)9-8-11(13)4-1/h1-5,7-10H. The third-order valence-corrected chi connectivity index (χ3v) is 2.55. The molecule has 0 aromatic heterocycles. The molecule has 0 bridgehead atoms. The highest BCUT2D eigenvalue weighted by Crippen LogP contribution is 2.25. The zero-order valence-corrected chi connectivity index (χ0v) is 7.70.